The number of rotatable bonds is 10. The lowest BCUT2D eigenvalue weighted by Crippen LogP contribution is -2.09. The normalized spacial score (nSPS) is 11.5. The third-order valence-electron chi connectivity index (χ3n) is 4.93. The molecule has 31 heavy (non-hydrogen) atoms. The molecule has 164 valence electrons. The number of ether oxygens (including phenoxy) is 4. The Labute approximate surface area is 187 Å². The molecule has 6 heteroatoms. The fourth-order valence-corrected chi connectivity index (χ4v) is 4.27. The maximum absolute atomic E-state index is 12.7. The van der Waals surface area contributed by atoms with E-state index in [4.69, 9.17) is 18.9 Å². The van der Waals surface area contributed by atoms with Crippen molar-refractivity contribution in [1.82, 2.24) is 0 Å². The molecule has 0 N–H and O–H groups in total. The second kappa shape index (κ2) is 11.0. The largest absolute Gasteiger partial charge is 0.493 e. The first-order valence-corrected chi connectivity index (χ1v) is 11.1. The molecule has 0 aliphatic heterocycles. The topological polar surface area (TPSA) is 54.0 Å². The molecule has 0 saturated carbocycles. The number of hydrogen-bond donors (Lipinski definition) is 0. The maximum atomic E-state index is 12.7. The molecule has 0 radical (unpaired) electrons. The van der Waals surface area contributed by atoms with Gasteiger partial charge in [0.05, 0.1) is 13.7 Å². The molecule has 0 aliphatic rings. The van der Waals surface area contributed by atoms with Gasteiger partial charge in [0.2, 0.25) is 0 Å². The highest BCUT2D eigenvalue weighted by atomic mass is 32.1. The minimum Gasteiger partial charge on any atom is -0.493 e. The van der Waals surface area contributed by atoms with E-state index in [-0.39, 0.29) is 12.8 Å². The highest BCUT2D eigenvalue weighted by molar-refractivity contribution is 7.09. The van der Waals surface area contributed by atoms with Crippen molar-refractivity contribution in [2.75, 3.05) is 27.6 Å². The number of benzene rings is 2. The fourth-order valence-electron chi connectivity index (χ4n) is 3.54. The minimum absolute atomic E-state index is 0.116. The van der Waals surface area contributed by atoms with E-state index in [1.165, 1.54) is 0 Å². The molecular formula is C25H28O5S. The number of esters is 1. The molecule has 3 aromatic rings. The van der Waals surface area contributed by atoms with Crippen LogP contribution in [-0.4, -0.2) is 33.6 Å². The summed E-state index contributed by atoms with van der Waals surface area (Å²) in [5.74, 6) is 0.926. The monoisotopic (exact) mass is 440 g/mol. The van der Waals surface area contributed by atoms with Gasteiger partial charge in [0.15, 0.2) is 18.3 Å². The molecule has 2 aromatic carbocycles. The number of hydrogen-bond acceptors (Lipinski definition) is 6. The van der Waals surface area contributed by atoms with Gasteiger partial charge in [-0.05, 0) is 53.4 Å². The van der Waals surface area contributed by atoms with Gasteiger partial charge in [0, 0.05) is 29.4 Å². The van der Waals surface area contributed by atoms with Crippen molar-refractivity contribution >= 4 is 34.2 Å². The van der Waals surface area contributed by atoms with Crippen molar-refractivity contribution in [2.45, 2.75) is 26.7 Å². The van der Waals surface area contributed by atoms with E-state index in [0.29, 0.717) is 30.1 Å². The van der Waals surface area contributed by atoms with Crippen molar-refractivity contribution in [3.8, 4) is 11.5 Å². The zero-order valence-corrected chi connectivity index (χ0v) is 19.2. The number of methoxy groups -OCH3 is 2. The van der Waals surface area contributed by atoms with Crippen LogP contribution in [0.25, 0.3) is 16.8 Å². The Hall–Kier alpha value is -2.83. The van der Waals surface area contributed by atoms with Gasteiger partial charge in [-0.2, -0.15) is 0 Å². The van der Waals surface area contributed by atoms with Gasteiger partial charge in [0.25, 0.3) is 0 Å². The van der Waals surface area contributed by atoms with Gasteiger partial charge in [0.1, 0.15) is 0 Å². The molecule has 3 rings (SSSR count). The minimum atomic E-state index is -0.311. The summed E-state index contributed by atoms with van der Waals surface area (Å²) in [6.07, 6.45) is 3.24. The third-order valence-corrected chi connectivity index (χ3v) is 5.81. The van der Waals surface area contributed by atoms with Crippen molar-refractivity contribution < 1.29 is 23.7 Å². The lowest BCUT2D eigenvalue weighted by Gasteiger charge is -2.18. The van der Waals surface area contributed by atoms with Crippen LogP contribution in [0.15, 0.2) is 47.4 Å². The first-order valence-electron chi connectivity index (χ1n) is 10.3. The molecule has 0 atom stereocenters. The predicted molar refractivity (Wildman–Crippen MR) is 125 cm³/mol. The first-order chi connectivity index (χ1) is 15.1. The summed E-state index contributed by atoms with van der Waals surface area (Å²) in [6.45, 7) is 4.36. The average Bonchev–Trinajstić information content (AvgIpc) is 3.30. The Morgan fingerprint density at radius 1 is 1.13 bits per heavy atom. The first kappa shape index (κ1) is 22.8. The number of carbonyl (C=O) groups is 1. The van der Waals surface area contributed by atoms with E-state index in [1.807, 2.05) is 48.7 Å². The van der Waals surface area contributed by atoms with E-state index in [9.17, 15) is 4.79 Å². The molecule has 0 aliphatic carbocycles. The Morgan fingerprint density at radius 2 is 1.97 bits per heavy atom. The zero-order valence-electron chi connectivity index (χ0n) is 18.4. The summed E-state index contributed by atoms with van der Waals surface area (Å²) in [6, 6.07) is 12.0. The highest BCUT2D eigenvalue weighted by Gasteiger charge is 2.19. The molecule has 0 bridgehead atoms. The Kier molecular flexibility index (Phi) is 8.09. The fraction of sp³-hybridized carbons (Fsp3) is 0.320. The number of fused-ring (bicyclic) bond motifs is 1. The smallest absolute Gasteiger partial charge is 0.334 e. The molecule has 1 heterocycles. The van der Waals surface area contributed by atoms with Crippen LogP contribution in [0, 0.1) is 0 Å². The third kappa shape index (κ3) is 5.27. The SMILES string of the molecule is CCOC(=O)/C(=C\c1cc(OC)c(OCOC)c2c(CC)cccc12)Cc1cccs1. The predicted octanol–water partition coefficient (Wildman–Crippen LogP) is 5.64. The van der Waals surface area contributed by atoms with Crippen molar-refractivity contribution in [2.24, 2.45) is 0 Å². The summed E-state index contributed by atoms with van der Waals surface area (Å²) in [4.78, 5) is 13.8. The second-order valence-corrected chi connectivity index (χ2v) is 7.92. The molecule has 1 aromatic heterocycles. The van der Waals surface area contributed by atoms with Gasteiger partial charge in [-0.1, -0.05) is 31.2 Å². The van der Waals surface area contributed by atoms with E-state index in [1.54, 1.807) is 25.6 Å². The standard InChI is InChI=1S/C25H28O5S/c1-5-17-9-7-11-21-18(15-22(28-4)24(23(17)21)30-16-27-3)13-19(25(26)29-6-2)14-20-10-8-12-31-20/h7-13,15H,5-6,14,16H2,1-4H3/b19-13-. The van der Waals surface area contributed by atoms with Crippen molar-refractivity contribution in [1.29, 1.82) is 0 Å². The summed E-state index contributed by atoms with van der Waals surface area (Å²) >= 11 is 1.62. The lowest BCUT2D eigenvalue weighted by atomic mass is 9.95. The molecule has 0 amide bonds. The van der Waals surface area contributed by atoms with E-state index >= 15 is 0 Å². The van der Waals surface area contributed by atoms with Crippen LogP contribution in [0.1, 0.15) is 29.9 Å². The van der Waals surface area contributed by atoms with Crippen LogP contribution in [0.2, 0.25) is 0 Å². The maximum Gasteiger partial charge on any atom is 0.334 e. The van der Waals surface area contributed by atoms with Crippen molar-refractivity contribution in [3.05, 3.63) is 63.4 Å². The van der Waals surface area contributed by atoms with Crippen LogP contribution in [0.3, 0.4) is 0 Å². The lowest BCUT2D eigenvalue weighted by molar-refractivity contribution is -0.138. The quantitative estimate of drug-likeness (QED) is 0.232. The average molecular weight is 441 g/mol. The Bertz CT molecular complexity index is 1050. The molecule has 0 spiro atoms. The van der Waals surface area contributed by atoms with Gasteiger partial charge in [-0.25, -0.2) is 4.79 Å². The number of aryl methyl sites for hydroxylation is 1. The van der Waals surface area contributed by atoms with E-state index in [2.05, 4.69) is 13.0 Å². The highest BCUT2D eigenvalue weighted by Crippen LogP contribution is 2.41. The van der Waals surface area contributed by atoms with Crippen LogP contribution >= 0.6 is 11.3 Å². The van der Waals surface area contributed by atoms with E-state index < -0.39 is 0 Å². The van der Waals surface area contributed by atoms with Gasteiger partial charge >= 0.3 is 5.97 Å². The molecule has 0 unspecified atom stereocenters. The van der Waals surface area contributed by atoms with Gasteiger partial charge in [-0.3, -0.25) is 0 Å². The van der Waals surface area contributed by atoms with Gasteiger partial charge < -0.3 is 18.9 Å². The Balaban J connectivity index is 2.22. The van der Waals surface area contributed by atoms with E-state index in [0.717, 1.165) is 33.2 Å². The van der Waals surface area contributed by atoms with Crippen LogP contribution < -0.4 is 9.47 Å². The number of thiophene rings is 1. The van der Waals surface area contributed by atoms with Crippen LogP contribution in [0.5, 0.6) is 11.5 Å². The summed E-state index contributed by atoms with van der Waals surface area (Å²) < 4.78 is 22.0. The summed E-state index contributed by atoms with van der Waals surface area (Å²) in [7, 11) is 3.20. The van der Waals surface area contributed by atoms with Crippen LogP contribution in [-0.2, 0) is 27.1 Å². The number of carbonyl (C=O) groups excluding carboxylic acids is 1. The molecule has 5 nitrogen and oxygen atoms in total. The summed E-state index contributed by atoms with van der Waals surface area (Å²) in [5.41, 5.74) is 2.61. The summed E-state index contributed by atoms with van der Waals surface area (Å²) in [5, 5.41) is 3.96. The zero-order chi connectivity index (χ0) is 22.2. The molecule has 0 fully saturated rings. The van der Waals surface area contributed by atoms with Crippen molar-refractivity contribution in [3.63, 3.8) is 0 Å². The second-order valence-electron chi connectivity index (χ2n) is 6.89. The van der Waals surface area contributed by atoms with Gasteiger partial charge in [-0.15, -0.1) is 11.3 Å². The van der Waals surface area contributed by atoms with Crippen LogP contribution in [0.4, 0.5) is 0 Å². The molecule has 0 saturated heterocycles. The molecular weight excluding hydrogens is 412 g/mol. The Morgan fingerprint density at radius 3 is 2.61 bits per heavy atom.